The summed E-state index contributed by atoms with van der Waals surface area (Å²) in [6, 6.07) is 74.7. The first-order valence-corrected chi connectivity index (χ1v) is 23.2. The fourth-order valence-corrected chi connectivity index (χ4v) is 13.7. The first-order chi connectivity index (χ1) is 32.3. The third-order valence-electron chi connectivity index (χ3n) is 16.1. The van der Waals surface area contributed by atoms with Gasteiger partial charge in [-0.25, -0.2) is 0 Å². The Hall–Kier alpha value is -8.06. The van der Waals surface area contributed by atoms with E-state index in [1.807, 2.05) is 0 Å². The van der Waals surface area contributed by atoms with Gasteiger partial charge in [0.1, 0.15) is 0 Å². The van der Waals surface area contributed by atoms with Crippen molar-refractivity contribution in [2.75, 3.05) is 0 Å². The normalized spacial score (nSPS) is 15.0. The highest BCUT2D eigenvalue weighted by molar-refractivity contribution is 6.29. The minimum Gasteiger partial charge on any atom is -0.0836 e. The lowest BCUT2D eigenvalue weighted by molar-refractivity contribution is 0.715. The Kier molecular flexibility index (Phi) is 6.43. The second kappa shape index (κ2) is 12.1. The van der Waals surface area contributed by atoms with Gasteiger partial charge in [0.05, 0.1) is 5.41 Å². The standard InChI is InChI=1S/C65H38/c1-3-17-39-37(15-1)44-24-13-26-48-52(33-31-50(39)61(44)48)63-46-22-5-6-23-47(46)64(53-34-32-51-40-18-4-2-16-38(40)45-25-14-27-49(53)62(45)51)56-36-60-54(35-55(56)63)43-21-9-12-30-59(43)65(60)57-28-10-7-19-41(57)42-20-8-11-29-58(42)65/h1-11,13-29,31-36H,12,30H2. The first kappa shape index (κ1) is 34.4. The van der Waals surface area contributed by atoms with Gasteiger partial charge in [0.15, 0.2) is 0 Å². The van der Waals surface area contributed by atoms with Crippen LogP contribution in [0.5, 0.6) is 0 Å². The zero-order chi connectivity index (χ0) is 42.1. The smallest absolute Gasteiger partial charge is 0.0688 e. The van der Waals surface area contributed by atoms with Crippen LogP contribution in [-0.4, -0.2) is 0 Å². The van der Waals surface area contributed by atoms with E-state index in [0.29, 0.717) is 0 Å². The van der Waals surface area contributed by atoms with Crippen molar-refractivity contribution < 1.29 is 0 Å². The highest BCUT2D eigenvalue weighted by atomic mass is 14.5. The first-order valence-electron chi connectivity index (χ1n) is 23.2. The average Bonchev–Trinajstić information content (AvgIpc) is 4.07. The molecule has 0 atom stereocenters. The molecule has 0 saturated carbocycles. The molecule has 0 aliphatic heterocycles. The Morgan fingerprint density at radius 1 is 0.292 bits per heavy atom. The molecule has 5 aliphatic carbocycles. The largest absolute Gasteiger partial charge is 0.0836 e. The minimum atomic E-state index is -0.378. The Morgan fingerprint density at radius 2 is 0.708 bits per heavy atom. The monoisotopic (exact) mass is 818 g/mol. The molecule has 11 aromatic carbocycles. The Balaban J connectivity index is 1.10. The Bertz CT molecular complexity index is 4010. The summed E-state index contributed by atoms with van der Waals surface area (Å²) in [7, 11) is 0. The molecule has 0 radical (unpaired) electrons. The van der Waals surface area contributed by atoms with Crippen molar-refractivity contribution in [1.82, 2.24) is 0 Å². The van der Waals surface area contributed by atoms with E-state index in [9.17, 15) is 0 Å². The van der Waals surface area contributed by atoms with Crippen LogP contribution in [0.3, 0.4) is 0 Å². The SMILES string of the molecule is C1=CC2=C(CC1)C1(c3cc4c(-c5ccc6c7c(cccc57)-c5ccccc5-6)c5ccccc5c(-c5ccc6c7c(cccc57)-c5ccccc5-6)c4cc32)c2ccccc2-c2ccccc21. The topological polar surface area (TPSA) is 0 Å². The molecule has 0 bridgehead atoms. The van der Waals surface area contributed by atoms with Crippen molar-refractivity contribution in [3.05, 3.63) is 234 Å². The average molecular weight is 819 g/mol. The molecular formula is C65H38. The molecular weight excluding hydrogens is 781 g/mol. The lowest BCUT2D eigenvalue weighted by Gasteiger charge is -2.33. The zero-order valence-corrected chi connectivity index (χ0v) is 35.5. The van der Waals surface area contributed by atoms with Gasteiger partial charge in [0, 0.05) is 0 Å². The van der Waals surface area contributed by atoms with Crippen molar-refractivity contribution in [2.24, 2.45) is 0 Å². The molecule has 0 N–H and O–H groups in total. The quantitative estimate of drug-likeness (QED) is 0.152. The van der Waals surface area contributed by atoms with Gasteiger partial charge in [-0.2, -0.15) is 0 Å². The van der Waals surface area contributed by atoms with Gasteiger partial charge >= 0.3 is 0 Å². The van der Waals surface area contributed by atoms with Gasteiger partial charge in [0.25, 0.3) is 0 Å². The minimum absolute atomic E-state index is 0.378. The molecule has 65 heavy (non-hydrogen) atoms. The summed E-state index contributed by atoms with van der Waals surface area (Å²) in [4.78, 5) is 0. The number of fused-ring (bicyclic) bond motifs is 17. The summed E-state index contributed by atoms with van der Waals surface area (Å²) in [5.74, 6) is 0. The van der Waals surface area contributed by atoms with Crippen LogP contribution in [0.2, 0.25) is 0 Å². The van der Waals surface area contributed by atoms with Crippen molar-refractivity contribution in [2.45, 2.75) is 18.3 Å². The molecule has 298 valence electrons. The van der Waals surface area contributed by atoms with Crippen LogP contribution in [0.1, 0.15) is 35.1 Å². The van der Waals surface area contributed by atoms with Crippen molar-refractivity contribution in [1.29, 1.82) is 0 Å². The summed E-state index contributed by atoms with van der Waals surface area (Å²) >= 11 is 0. The molecule has 0 amide bonds. The predicted octanol–water partition coefficient (Wildman–Crippen LogP) is 17.4. The highest BCUT2D eigenvalue weighted by Crippen LogP contribution is 2.65. The molecule has 1 spiro atoms. The second-order valence-corrected chi connectivity index (χ2v) is 18.8. The van der Waals surface area contributed by atoms with Gasteiger partial charge in [-0.15, -0.1) is 0 Å². The molecule has 11 aromatic rings. The summed E-state index contributed by atoms with van der Waals surface area (Å²) < 4.78 is 0. The third kappa shape index (κ3) is 4.07. The fraction of sp³-hybridized carbons (Fsp3) is 0.0462. The van der Waals surface area contributed by atoms with Gasteiger partial charge < -0.3 is 0 Å². The zero-order valence-electron chi connectivity index (χ0n) is 35.5. The summed E-state index contributed by atoms with van der Waals surface area (Å²) in [5, 5.41) is 10.5. The van der Waals surface area contributed by atoms with Crippen LogP contribution < -0.4 is 0 Å². The summed E-state index contributed by atoms with van der Waals surface area (Å²) in [5.41, 5.74) is 26.7. The molecule has 0 unspecified atom stereocenters. The van der Waals surface area contributed by atoms with Gasteiger partial charge in [-0.05, 0) is 179 Å². The molecule has 0 heterocycles. The summed E-state index contributed by atoms with van der Waals surface area (Å²) in [6.07, 6.45) is 6.95. The van der Waals surface area contributed by atoms with E-state index < -0.39 is 0 Å². The molecule has 5 aliphatic rings. The maximum Gasteiger partial charge on any atom is 0.0688 e. The van der Waals surface area contributed by atoms with Crippen molar-refractivity contribution >= 4 is 48.7 Å². The van der Waals surface area contributed by atoms with E-state index in [4.69, 9.17) is 0 Å². The van der Waals surface area contributed by atoms with Crippen molar-refractivity contribution in [3.63, 3.8) is 0 Å². The molecule has 0 heteroatoms. The second-order valence-electron chi connectivity index (χ2n) is 18.8. The lowest BCUT2D eigenvalue weighted by atomic mass is 9.67. The van der Waals surface area contributed by atoms with Crippen LogP contribution in [0, 0.1) is 0 Å². The summed E-state index contributed by atoms with van der Waals surface area (Å²) in [6.45, 7) is 0. The lowest BCUT2D eigenvalue weighted by Crippen LogP contribution is -2.27. The number of allylic oxidation sites excluding steroid dienone is 4. The van der Waals surface area contributed by atoms with Crippen LogP contribution >= 0.6 is 0 Å². The van der Waals surface area contributed by atoms with E-state index in [-0.39, 0.29) is 5.41 Å². The van der Waals surface area contributed by atoms with Gasteiger partial charge in [-0.3, -0.25) is 0 Å². The molecule has 0 fully saturated rings. The fourth-order valence-electron chi connectivity index (χ4n) is 13.7. The highest BCUT2D eigenvalue weighted by Gasteiger charge is 2.52. The number of rotatable bonds is 2. The Labute approximate surface area is 377 Å². The van der Waals surface area contributed by atoms with Gasteiger partial charge in [-0.1, -0.05) is 194 Å². The van der Waals surface area contributed by atoms with Crippen LogP contribution in [-0.2, 0) is 5.41 Å². The van der Waals surface area contributed by atoms with E-state index >= 15 is 0 Å². The molecule has 0 nitrogen and oxygen atoms in total. The van der Waals surface area contributed by atoms with E-state index in [1.54, 1.807) is 5.57 Å². The molecule has 16 rings (SSSR count). The third-order valence-corrected chi connectivity index (χ3v) is 16.1. The maximum absolute atomic E-state index is 2.68. The van der Waals surface area contributed by atoms with E-state index in [1.165, 1.54) is 149 Å². The number of benzene rings is 11. The Morgan fingerprint density at radius 3 is 1.25 bits per heavy atom. The maximum atomic E-state index is 2.68. The van der Waals surface area contributed by atoms with Crippen molar-refractivity contribution in [3.8, 4) is 77.9 Å². The molecule has 0 saturated heterocycles. The van der Waals surface area contributed by atoms with Crippen LogP contribution in [0.4, 0.5) is 0 Å². The van der Waals surface area contributed by atoms with Crippen LogP contribution in [0.15, 0.2) is 212 Å². The van der Waals surface area contributed by atoms with E-state index in [0.717, 1.165) is 12.8 Å². The number of hydrogen-bond acceptors (Lipinski definition) is 0. The molecule has 0 aromatic heterocycles. The van der Waals surface area contributed by atoms with E-state index in [2.05, 4.69) is 206 Å². The predicted molar refractivity (Wildman–Crippen MR) is 273 cm³/mol. The van der Waals surface area contributed by atoms with Gasteiger partial charge in [0.2, 0.25) is 0 Å². The van der Waals surface area contributed by atoms with Crippen LogP contribution in [0.25, 0.3) is 127 Å². The number of hydrogen-bond donors (Lipinski definition) is 0.